The van der Waals surface area contributed by atoms with Crippen LogP contribution in [-0.4, -0.2) is 24.6 Å². The van der Waals surface area contributed by atoms with Gasteiger partial charge < -0.3 is 20.5 Å². The second-order valence-electron chi connectivity index (χ2n) is 4.54. The molecular formula is C16H19N3O3. The number of ether oxygens (including phenoxy) is 2. The van der Waals surface area contributed by atoms with Crippen LogP contribution in [0.5, 0.6) is 11.5 Å². The maximum absolute atomic E-state index is 12.1. The number of hydrogen-bond acceptors (Lipinski definition) is 5. The van der Waals surface area contributed by atoms with Gasteiger partial charge in [0.25, 0.3) is 5.91 Å². The van der Waals surface area contributed by atoms with Gasteiger partial charge in [0.15, 0.2) is 11.5 Å². The molecule has 0 saturated carbocycles. The average molecular weight is 301 g/mol. The zero-order chi connectivity index (χ0) is 15.9. The number of nitrogen functional groups attached to an aromatic ring is 1. The van der Waals surface area contributed by atoms with E-state index in [9.17, 15) is 4.79 Å². The highest BCUT2D eigenvalue weighted by molar-refractivity contribution is 5.98. The fourth-order valence-corrected chi connectivity index (χ4v) is 1.99. The fourth-order valence-electron chi connectivity index (χ4n) is 1.99. The van der Waals surface area contributed by atoms with Crippen molar-refractivity contribution in [1.29, 1.82) is 0 Å². The van der Waals surface area contributed by atoms with Crippen LogP contribution in [0, 0.1) is 0 Å². The Morgan fingerprint density at radius 2 is 2.14 bits per heavy atom. The molecule has 0 atom stereocenters. The third kappa shape index (κ3) is 3.66. The Morgan fingerprint density at radius 3 is 2.82 bits per heavy atom. The van der Waals surface area contributed by atoms with E-state index in [1.807, 2.05) is 25.1 Å². The summed E-state index contributed by atoms with van der Waals surface area (Å²) in [7, 11) is 1.59. The lowest BCUT2D eigenvalue weighted by Gasteiger charge is -2.12. The lowest BCUT2D eigenvalue weighted by atomic mass is 10.2. The SMILES string of the molecule is CCOc1cc(CNC(=O)c2cccnc2N)ccc1OC. The van der Waals surface area contributed by atoms with E-state index in [4.69, 9.17) is 15.2 Å². The maximum atomic E-state index is 12.1. The second kappa shape index (κ2) is 7.31. The van der Waals surface area contributed by atoms with Crippen molar-refractivity contribution >= 4 is 11.7 Å². The fraction of sp³-hybridized carbons (Fsp3) is 0.250. The number of anilines is 1. The lowest BCUT2D eigenvalue weighted by Crippen LogP contribution is -2.24. The smallest absolute Gasteiger partial charge is 0.255 e. The van der Waals surface area contributed by atoms with Crippen molar-refractivity contribution in [3.8, 4) is 11.5 Å². The number of hydrogen-bond donors (Lipinski definition) is 2. The summed E-state index contributed by atoms with van der Waals surface area (Å²) >= 11 is 0. The van der Waals surface area contributed by atoms with Gasteiger partial charge in [-0.1, -0.05) is 6.07 Å². The van der Waals surface area contributed by atoms with Crippen molar-refractivity contribution in [3.05, 3.63) is 47.7 Å². The molecule has 2 aromatic rings. The summed E-state index contributed by atoms with van der Waals surface area (Å²) in [6, 6.07) is 8.83. The predicted octanol–water partition coefficient (Wildman–Crippen LogP) is 2.00. The highest BCUT2D eigenvalue weighted by Gasteiger charge is 2.10. The summed E-state index contributed by atoms with van der Waals surface area (Å²) in [5, 5.41) is 2.81. The van der Waals surface area contributed by atoms with Crippen molar-refractivity contribution < 1.29 is 14.3 Å². The quantitative estimate of drug-likeness (QED) is 0.852. The number of nitrogens with two attached hydrogens (primary N) is 1. The highest BCUT2D eigenvalue weighted by atomic mass is 16.5. The molecule has 3 N–H and O–H groups in total. The third-order valence-corrected chi connectivity index (χ3v) is 3.06. The molecule has 6 heteroatoms. The first-order chi connectivity index (χ1) is 10.7. The molecule has 2 rings (SSSR count). The molecule has 0 spiro atoms. The number of carbonyl (C=O) groups is 1. The summed E-state index contributed by atoms with van der Waals surface area (Å²) < 4.78 is 10.7. The molecule has 0 fully saturated rings. The van der Waals surface area contributed by atoms with E-state index < -0.39 is 0 Å². The molecule has 0 aliphatic heterocycles. The van der Waals surface area contributed by atoms with Crippen LogP contribution in [0.15, 0.2) is 36.5 Å². The molecule has 0 saturated heterocycles. The Balaban J connectivity index is 2.07. The van der Waals surface area contributed by atoms with E-state index in [0.29, 0.717) is 30.2 Å². The molecule has 1 heterocycles. The van der Waals surface area contributed by atoms with E-state index >= 15 is 0 Å². The van der Waals surface area contributed by atoms with Gasteiger partial charge in [-0.05, 0) is 36.8 Å². The first-order valence-corrected chi connectivity index (χ1v) is 6.94. The molecule has 0 radical (unpaired) electrons. The zero-order valence-corrected chi connectivity index (χ0v) is 12.6. The predicted molar refractivity (Wildman–Crippen MR) is 84.0 cm³/mol. The van der Waals surface area contributed by atoms with Gasteiger partial charge in [0, 0.05) is 12.7 Å². The second-order valence-corrected chi connectivity index (χ2v) is 4.54. The van der Waals surface area contributed by atoms with E-state index in [-0.39, 0.29) is 11.7 Å². The molecule has 1 aromatic carbocycles. The molecule has 116 valence electrons. The van der Waals surface area contributed by atoms with Crippen LogP contribution in [0.25, 0.3) is 0 Å². The molecule has 0 aliphatic carbocycles. The van der Waals surface area contributed by atoms with Crippen LogP contribution in [0.4, 0.5) is 5.82 Å². The van der Waals surface area contributed by atoms with Crippen LogP contribution < -0.4 is 20.5 Å². The summed E-state index contributed by atoms with van der Waals surface area (Å²) in [6.45, 7) is 2.80. The third-order valence-electron chi connectivity index (χ3n) is 3.06. The van der Waals surface area contributed by atoms with Crippen molar-refractivity contribution in [2.24, 2.45) is 0 Å². The number of pyridine rings is 1. The van der Waals surface area contributed by atoms with Gasteiger partial charge in [0.2, 0.25) is 0 Å². The van der Waals surface area contributed by atoms with Gasteiger partial charge in [-0.25, -0.2) is 4.98 Å². The monoisotopic (exact) mass is 301 g/mol. The number of rotatable bonds is 6. The first-order valence-electron chi connectivity index (χ1n) is 6.94. The topological polar surface area (TPSA) is 86.5 Å². The first kappa shape index (κ1) is 15.6. The van der Waals surface area contributed by atoms with Gasteiger partial charge in [0.1, 0.15) is 5.82 Å². The van der Waals surface area contributed by atoms with Gasteiger partial charge in [-0.2, -0.15) is 0 Å². The Labute approximate surface area is 129 Å². The molecule has 0 bridgehead atoms. The minimum atomic E-state index is -0.264. The Bertz CT molecular complexity index is 659. The summed E-state index contributed by atoms with van der Waals surface area (Å²) in [6.07, 6.45) is 1.55. The molecule has 1 amide bonds. The van der Waals surface area contributed by atoms with Crippen molar-refractivity contribution in [3.63, 3.8) is 0 Å². The molecule has 0 unspecified atom stereocenters. The van der Waals surface area contributed by atoms with Gasteiger partial charge in [-0.3, -0.25) is 4.79 Å². The number of amides is 1. The minimum absolute atomic E-state index is 0.213. The molecule has 22 heavy (non-hydrogen) atoms. The normalized spacial score (nSPS) is 10.1. The number of aromatic nitrogens is 1. The minimum Gasteiger partial charge on any atom is -0.493 e. The standard InChI is InChI=1S/C16H19N3O3/c1-3-22-14-9-11(6-7-13(14)21-2)10-19-16(20)12-5-4-8-18-15(12)17/h4-9H,3,10H2,1-2H3,(H2,17,18)(H,19,20). The summed E-state index contributed by atoms with van der Waals surface area (Å²) in [5.41, 5.74) is 6.95. The highest BCUT2D eigenvalue weighted by Crippen LogP contribution is 2.28. The van der Waals surface area contributed by atoms with E-state index in [0.717, 1.165) is 5.56 Å². The number of nitrogens with zero attached hydrogens (tertiary/aromatic N) is 1. The number of methoxy groups -OCH3 is 1. The molecule has 0 aliphatic rings. The number of carbonyl (C=O) groups excluding carboxylic acids is 1. The number of nitrogens with one attached hydrogen (secondary N) is 1. The summed E-state index contributed by atoms with van der Waals surface area (Å²) in [5.74, 6) is 1.26. The largest absolute Gasteiger partial charge is 0.493 e. The molecule has 6 nitrogen and oxygen atoms in total. The Morgan fingerprint density at radius 1 is 1.32 bits per heavy atom. The van der Waals surface area contributed by atoms with Crippen molar-refractivity contribution in [2.75, 3.05) is 19.5 Å². The lowest BCUT2D eigenvalue weighted by molar-refractivity contribution is 0.0951. The van der Waals surface area contributed by atoms with Crippen LogP contribution in [-0.2, 0) is 6.54 Å². The van der Waals surface area contributed by atoms with Gasteiger partial charge >= 0.3 is 0 Å². The van der Waals surface area contributed by atoms with Gasteiger partial charge in [0.05, 0.1) is 19.3 Å². The van der Waals surface area contributed by atoms with E-state index in [1.165, 1.54) is 0 Å². The Kier molecular flexibility index (Phi) is 5.19. The van der Waals surface area contributed by atoms with Crippen LogP contribution in [0.1, 0.15) is 22.8 Å². The number of benzene rings is 1. The van der Waals surface area contributed by atoms with Crippen LogP contribution >= 0.6 is 0 Å². The summed E-state index contributed by atoms with van der Waals surface area (Å²) in [4.78, 5) is 16.0. The van der Waals surface area contributed by atoms with Crippen molar-refractivity contribution in [1.82, 2.24) is 10.3 Å². The molecular weight excluding hydrogens is 282 g/mol. The maximum Gasteiger partial charge on any atom is 0.255 e. The molecule has 1 aromatic heterocycles. The zero-order valence-electron chi connectivity index (χ0n) is 12.6. The van der Waals surface area contributed by atoms with Gasteiger partial charge in [-0.15, -0.1) is 0 Å². The Hall–Kier alpha value is -2.76. The van der Waals surface area contributed by atoms with E-state index in [1.54, 1.807) is 25.4 Å². The van der Waals surface area contributed by atoms with Crippen LogP contribution in [0.3, 0.4) is 0 Å². The van der Waals surface area contributed by atoms with Crippen LogP contribution in [0.2, 0.25) is 0 Å². The van der Waals surface area contributed by atoms with E-state index in [2.05, 4.69) is 10.3 Å². The van der Waals surface area contributed by atoms with Crippen molar-refractivity contribution in [2.45, 2.75) is 13.5 Å². The average Bonchev–Trinajstić information content (AvgIpc) is 2.53.